The molecule has 1 saturated heterocycles. The molecular formula is C24H28N4O3. The molecule has 1 aliphatic heterocycles. The van der Waals surface area contributed by atoms with Crippen molar-refractivity contribution in [1.29, 1.82) is 0 Å². The van der Waals surface area contributed by atoms with Crippen LogP contribution in [0.2, 0.25) is 0 Å². The van der Waals surface area contributed by atoms with E-state index >= 15 is 0 Å². The normalized spacial score (nSPS) is 14.1. The highest BCUT2D eigenvalue weighted by Gasteiger charge is 2.26. The molecule has 4 rings (SSSR count). The van der Waals surface area contributed by atoms with Crippen LogP contribution in [0.25, 0.3) is 11.0 Å². The second-order valence-electron chi connectivity index (χ2n) is 7.71. The van der Waals surface area contributed by atoms with E-state index in [0.29, 0.717) is 17.9 Å². The smallest absolute Gasteiger partial charge is 0.360 e. The molecule has 2 heterocycles. The maximum atomic E-state index is 12.7. The van der Waals surface area contributed by atoms with Gasteiger partial charge in [-0.1, -0.05) is 0 Å². The molecule has 31 heavy (non-hydrogen) atoms. The summed E-state index contributed by atoms with van der Waals surface area (Å²) in [6.45, 7) is 9.31. The van der Waals surface area contributed by atoms with Crippen molar-refractivity contribution in [3.8, 4) is 5.75 Å². The molecule has 1 aromatic heterocycles. The van der Waals surface area contributed by atoms with Gasteiger partial charge in [0.05, 0.1) is 24.8 Å². The molecule has 0 aliphatic carbocycles. The van der Waals surface area contributed by atoms with Gasteiger partial charge in [-0.3, -0.25) is 0 Å². The third-order valence-electron chi connectivity index (χ3n) is 5.75. The van der Waals surface area contributed by atoms with E-state index in [4.69, 9.17) is 14.5 Å². The summed E-state index contributed by atoms with van der Waals surface area (Å²) in [4.78, 5) is 26.6. The van der Waals surface area contributed by atoms with Gasteiger partial charge in [-0.15, -0.1) is 0 Å². The average Bonchev–Trinajstić information content (AvgIpc) is 2.79. The summed E-state index contributed by atoms with van der Waals surface area (Å²) < 4.78 is 10.5. The summed E-state index contributed by atoms with van der Waals surface area (Å²) in [5.74, 6) is 1.02. The van der Waals surface area contributed by atoms with Crippen LogP contribution in [0.15, 0.2) is 36.4 Å². The SMILES string of the molecule is CCOC(=O)c1nc2cc(C)c(C)cc2nc1N1CCN(c2ccc(OC)cc2)CC1. The van der Waals surface area contributed by atoms with E-state index in [0.717, 1.165) is 54.3 Å². The number of anilines is 2. The number of nitrogens with zero attached hydrogens (tertiary/aromatic N) is 4. The number of aromatic nitrogens is 2. The van der Waals surface area contributed by atoms with Crippen LogP contribution < -0.4 is 14.5 Å². The predicted molar refractivity (Wildman–Crippen MR) is 122 cm³/mol. The number of rotatable bonds is 5. The molecule has 2 aromatic carbocycles. The Morgan fingerprint density at radius 3 is 2.10 bits per heavy atom. The van der Waals surface area contributed by atoms with E-state index in [9.17, 15) is 4.79 Å². The number of aryl methyl sites for hydroxylation is 2. The van der Waals surface area contributed by atoms with Crippen LogP contribution in [0.5, 0.6) is 5.75 Å². The lowest BCUT2D eigenvalue weighted by Gasteiger charge is -2.37. The molecule has 7 nitrogen and oxygen atoms in total. The number of methoxy groups -OCH3 is 1. The largest absolute Gasteiger partial charge is 0.497 e. The molecule has 7 heteroatoms. The third kappa shape index (κ3) is 4.26. The van der Waals surface area contributed by atoms with Gasteiger partial charge in [-0.2, -0.15) is 0 Å². The molecule has 0 saturated carbocycles. The molecule has 0 amide bonds. The zero-order chi connectivity index (χ0) is 22.0. The minimum Gasteiger partial charge on any atom is -0.497 e. The van der Waals surface area contributed by atoms with Crippen molar-refractivity contribution in [2.75, 3.05) is 49.7 Å². The van der Waals surface area contributed by atoms with E-state index < -0.39 is 5.97 Å². The average molecular weight is 421 g/mol. The van der Waals surface area contributed by atoms with Gasteiger partial charge in [-0.05, 0) is 68.3 Å². The summed E-state index contributed by atoms with van der Waals surface area (Å²) in [5, 5.41) is 0. The van der Waals surface area contributed by atoms with Gasteiger partial charge >= 0.3 is 5.97 Å². The summed E-state index contributed by atoms with van der Waals surface area (Å²) in [6.07, 6.45) is 0. The number of fused-ring (bicyclic) bond motifs is 1. The van der Waals surface area contributed by atoms with Gasteiger partial charge in [0.1, 0.15) is 5.75 Å². The number of carbonyl (C=O) groups is 1. The van der Waals surface area contributed by atoms with Crippen LogP contribution in [0.4, 0.5) is 11.5 Å². The fraction of sp³-hybridized carbons (Fsp3) is 0.375. The van der Waals surface area contributed by atoms with E-state index in [1.807, 2.05) is 31.2 Å². The first kappa shape index (κ1) is 20.9. The van der Waals surface area contributed by atoms with Gasteiger partial charge in [0.15, 0.2) is 11.5 Å². The summed E-state index contributed by atoms with van der Waals surface area (Å²) in [5.41, 5.74) is 5.23. The van der Waals surface area contributed by atoms with Crippen LogP contribution in [0, 0.1) is 13.8 Å². The monoisotopic (exact) mass is 420 g/mol. The summed E-state index contributed by atoms with van der Waals surface area (Å²) in [7, 11) is 1.67. The first-order valence-electron chi connectivity index (χ1n) is 10.6. The van der Waals surface area contributed by atoms with Crippen molar-refractivity contribution in [2.45, 2.75) is 20.8 Å². The van der Waals surface area contributed by atoms with Gasteiger partial charge < -0.3 is 19.3 Å². The number of carbonyl (C=O) groups excluding carboxylic acids is 1. The molecule has 3 aromatic rings. The fourth-order valence-electron chi connectivity index (χ4n) is 3.83. The van der Waals surface area contributed by atoms with Gasteiger partial charge in [0, 0.05) is 31.9 Å². The summed E-state index contributed by atoms with van der Waals surface area (Å²) in [6, 6.07) is 12.1. The predicted octanol–water partition coefficient (Wildman–Crippen LogP) is 3.76. The molecule has 1 fully saturated rings. The minimum absolute atomic E-state index is 0.288. The Hall–Kier alpha value is -3.35. The Balaban J connectivity index is 1.62. The van der Waals surface area contributed by atoms with Gasteiger partial charge in [0.2, 0.25) is 0 Å². The number of ether oxygens (including phenoxy) is 2. The quantitative estimate of drug-likeness (QED) is 0.582. The second kappa shape index (κ2) is 8.79. The van der Waals surface area contributed by atoms with Crippen LogP contribution in [-0.2, 0) is 4.74 Å². The minimum atomic E-state index is -0.428. The highest BCUT2D eigenvalue weighted by molar-refractivity contribution is 5.95. The van der Waals surface area contributed by atoms with Crippen LogP contribution in [0.1, 0.15) is 28.5 Å². The van der Waals surface area contributed by atoms with E-state index in [-0.39, 0.29) is 5.69 Å². The van der Waals surface area contributed by atoms with E-state index in [2.05, 4.69) is 33.8 Å². The third-order valence-corrected chi connectivity index (χ3v) is 5.75. The first-order valence-corrected chi connectivity index (χ1v) is 10.6. The maximum Gasteiger partial charge on any atom is 0.360 e. The molecule has 0 bridgehead atoms. The van der Waals surface area contributed by atoms with Gasteiger partial charge in [-0.25, -0.2) is 14.8 Å². The Morgan fingerprint density at radius 1 is 0.935 bits per heavy atom. The van der Waals surface area contributed by atoms with Crippen LogP contribution in [-0.4, -0.2) is 55.8 Å². The topological polar surface area (TPSA) is 67.8 Å². The van der Waals surface area contributed by atoms with Crippen LogP contribution >= 0.6 is 0 Å². The molecule has 0 N–H and O–H groups in total. The molecule has 162 valence electrons. The Morgan fingerprint density at radius 2 is 1.52 bits per heavy atom. The van der Waals surface area contributed by atoms with Crippen molar-refractivity contribution in [3.05, 3.63) is 53.2 Å². The zero-order valence-corrected chi connectivity index (χ0v) is 18.5. The van der Waals surface area contributed by atoms with Gasteiger partial charge in [0.25, 0.3) is 0 Å². The fourth-order valence-corrected chi connectivity index (χ4v) is 3.83. The molecule has 0 atom stereocenters. The summed E-state index contributed by atoms with van der Waals surface area (Å²) >= 11 is 0. The number of piperazine rings is 1. The Kier molecular flexibility index (Phi) is 5.93. The number of hydrogen-bond donors (Lipinski definition) is 0. The molecule has 1 aliphatic rings. The lowest BCUT2D eigenvalue weighted by atomic mass is 10.1. The Labute approximate surface area is 182 Å². The molecular weight excluding hydrogens is 392 g/mol. The Bertz CT molecular complexity index is 1090. The number of benzene rings is 2. The maximum absolute atomic E-state index is 12.7. The van der Waals surface area contributed by atoms with Crippen molar-refractivity contribution in [1.82, 2.24) is 9.97 Å². The number of hydrogen-bond acceptors (Lipinski definition) is 7. The number of esters is 1. The molecule has 0 spiro atoms. The van der Waals surface area contributed by atoms with Crippen molar-refractivity contribution < 1.29 is 14.3 Å². The standard InChI is InChI=1S/C24H28N4O3/c1-5-31-24(29)22-23(26-21-15-17(3)16(2)14-20(21)25-22)28-12-10-27(11-13-28)18-6-8-19(30-4)9-7-18/h6-9,14-15H,5,10-13H2,1-4H3. The van der Waals surface area contributed by atoms with Crippen molar-refractivity contribution >= 4 is 28.5 Å². The zero-order valence-electron chi connectivity index (χ0n) is 18.5. The van der Waals surface area contributed by atoms with E-state index in [1.54, 1.807) is 14.0 Å². The van der Waals surface area contributed by atoms with Crippen molar-refractivity contribution in [2.24, 2.45) is 0 Å². The van der Waals surface area contributed by atoms with Crippen LogP contribution in [0.3, 0.4) is 0 Å². The lowest BCUT2D eigenvalue weighted by Crippen LogP contribution is -2.47. The highest BCUT2D eigenvalue weighted by Crippen LogP contribution is 2.26. The van der Waals surface area contributed by atoms with E-state index in [1.165, 1.54) is 0 Å². The highest BCUT2D eigenvalue weighted by atomic mass is 16.5. The lowest BCUT2D eigenvalue weighted by molar-refractivity contribution is 0.0520. The molecule has 0 unspecified atom stereocenters. The van der Waals surface area contributed by atoms with Crippen molar-refractivity contribution in [3.63, 3.8) is 0 Å². The first-order chi connectivity index (χ1) is 15.0. The molecule has 0 radical (unpaired) electrons. The second-order valence-corrected chi connectivity index (χ2v) is 7.71.